The summed E-state index contributed by atoms with van der Waals surface area (Å²) >= 11 is 0. The van der Waals surface area contributed by atoms with Crippen LogP contribution in [0.3, 0.4) is 0 Å². The SMILES string of the molecule is N#C[C@H]1CCCC[C@@H]1n1cc(C(N)=O)c(Nc2ccc(S(=O)(=O)CF)cc2)n1. The Labute approximate surface area is 162 Å². The number of rotatable bonds is 6. The van der Waals surface area contributed by atoms with E-state index in [1.54, 1.807) is 4.68 Å². The van der Waals surface area contributed by atoms with E-state index in [9.17, 15) is 22.9 Å². The van der Waals surface area contributed by atoms with Gasteiger partial charge in [-0.1, -0.05) is 12.8 Å². The number of carbonyl (C=O) groups excluding carboxylic acids is 1. The number of sulfone groups is 1. The number of alkyl halides is 1. The van der Waals surface area contributed by atoms with Crippen molar-refractivity contribution in [1.29, 1.82) is 5.26 Å². The molecule has 3 rings (SSSR count). The van der Waals surface area contributed by atoms with Gasteiger partial charge >= 0.3 is 0 Å². The average molecular weight is 405 g/mol. The first-order chi connectivity index (χ1) is 13.4. The molecule has 0 spiro atoms. The molecule has 1 amide bonds. The van der Waals surface area contributed by atoms with E-state index in [1.807, 2.05) is 0 Å². The summed E-state index contributed by atoms with van der Waals surface area (Å²) in [5.41, 5.74) is 6.09. The van der Waals surface area contributed by atoms with Crippen LogP contribution in [0, 0.1) is 17.2 Å². The Balaban J connectivity index is 1.88. The Hall–Kier alpha value is -2.93. The molecule has 0 saturated heterocycles. The van der Waals surface area contributed by atoms with E-state index in [0.29, 0.717) is 5.69 Å². The Morgan fingerprint density at radius 1 is 1.32 bits per heavy atom. The number of nitrogens with zero attached hydrogens (tertiary/aromatic N) is 3. The Morgan fingerprint density at radius 3 is 2.61 bits per heavy atom. The second-order valence-electron chi connectivity index (χ2n) is 6.70. The van der Waals surface area contributed by atoms with Crippen molar-refractivity contribution in [2.24, 2.45) is 11.7 Å². The van der Waals surface area contributed by atoms with Gasteiger partial charge in [0.15, 0.2) is 11.8 Å². The summed E-state index contributed by atoms with van der Waals surface area (Å²) in [6.45, 7) is 0. The molecule has 1 aliphatic rings. The summed E-state index contributed by atoms with van der Waals surface area (Å²) in [4.78, 5) is 11.7. The van der Waals surface area contributed by atoms with Gasteiger partial charge in [-0.25, -0.2) is 12.8 Å². The first kappa shape index (κ1) is 19.8. The number of anilines is 2. The fourth-order valence-electron chi connectivity index (χ4n) is 3.36. The number of nitriles is 1. The predicted octanol–water partition coefficient (Wildman–Crippen LogP) is 2.68. The molecule has 8 nitrogen and oxygen atoms in total. The van der Waals surface area contributed by atoms with Gasteiger partial charge in [-0.05, 0) is 37.1 Å². The van der Waals surface area contributed by atoms with Crippen molar-refractivity contribution in [2.45, 2.75) is 36.6 Å². The largest absolute Gasteiger partial charge is 0.365 e. The molecule has 2 atom stereocenters. The summed E-state index contributed by atoms with van der Waals surface area (Å²) in [6, 6.07) is 6.13. The number of aromatic nitrogens is 2. The van der Waals surface area contributed by atoms with Gasteiger partial charge in [0.05, 0.1) is 22.9 Å². The molecule has 0 unspecified atom stereocenters. The smallest absolute Gasteiger partial charge is 0.254 e. The zero-order valence-corrected chi connectivity index (χ0v) is 15.8. The van der Waals surface area contributed by atoms with Gasteiger partial charge in [-0.2, -0.15) is 10.4 Å². The molecule has 28 heavy (non-hydrogen) atoms. The van der Waals surface area contributed by atoms with Crippen LogP contribution < -0.4 is 11.1 Å². The summed E-state index contributed by atoms with van der Waals surface area (Å²) in [6.07, 6.45) is 5.06. The van der Waals surface area contributed by atoms with Gasteiger partial charge in [-0.15, -0.1) is 0 Å². The summed E-state index contributed by atoms with van der Waals surface area (Å²) in [5, 5.41) is 16.7. The highest BCUT2D eigenvalue weighted by atomic mass is 32.2. The maximum Gasteiger partial charge on any atom is 0.254 e. The molecule has 1 aliphatic carbocycles. The quantitative estimate of drug-likeness (QED) is 0.760. The lowest BCUT2D eigenvalue weighted by atomic mass is 9.85. The number of halogens is 1. The zero-order chi connectivity index (χ0) is 20.3. The van der Waals surface area contributed by atoms with Crippen LogP contribution in [-0.4, -0.2) is 30.1 Å². The molecule has 1 saturated carbocycles. The van der Waals surface area contributed by atoms with Crippen LogP contribution in [-0.2, 0) is 9.84 Å². The summed E-state index contributed by atoms with van der Waals surface area (Å²) in [5.74, 6) is -0.641. The standard InChI is InChI=1S/C18H20FN5O3S/c19-11-28(26,27)14-7-5-13(6-8-14)22-18-15(17(21)25)10-24(23-18)16-4-2-1-3-12(16)9-20/h5-8,10,12,16H,1-4,11H2,(H2,21,25)(H,22,23)/t12-,16+/m1/s1. The van der Waals surface area contributed by atoms with Crippen LogP contribution in [0.15, 0.2) is 35.4 Å². The molecule has 1 heterocycles. The third kappa shape index (κ3) is 3.99. The van der Waals surface area contributed by atoms with Crippen LogP contribution >= 0.6 is 0 Å². The number of amides is 1. The van der Waals surface area contributed by atoms with Crippen molar-refractivity contribution in [1.82, 2.24) is 9.78 Å². The van der Waals surface area contributed by atoms with Crippen molar-refractivity contribution < 1.29 is 17.6 Å². The normalized spacial score (nSPS) is 19.7. The third-order valence-electron chi connectivity index (χ3n) is 4.85. The fraction of sp³-hybridized carbons (Fsp3) is 0.389. The topological polar surface area (TPSA) is 131 Å². The van der Waals surface area contributed by atoms with E-state index in [2.05, 4.69) is 16.5 Å². The first-order valence-corrected chi connectivity index (χ1v) is 10.5. The predicted molar refractivity (Wildman–Crippen MR) is 100 cm³/mol. The molecule has 0 bridgehead atoms. The molecule has 1 fully saturated rings. The van der Waals surface area contributed by atoms with Crippen molar-refractivity contribution in [2.75, 3.05) is 11.3 Å². The minimum Gasteiger partial charge on any atom is -0.365 e. The maximum absolute atomic E-state index is 12.6. The fourth-order valence-corrected chi connectivity index (χ4v) is 4.03. The van der Waals surface area contributed by atoms with Crippen LogP contribution in [0.5, 0.6) is 0 Å². The van der Waals surface area contributed by atoms with Crippen LogP contribution in [0.1, 0.15) is 42.1 Å². The highest BCUT2D eigenvalue weighted by Crippen LogP contribution is 2.34. The van der Waals surface area contributed by atoms with Crippen LogP contribution in [0.2, 0.25) is 0 Å². The number of carbonyl (C=O) groups is 1. The van der Waals surface area contributed by atoms with Gasteiger partial charge in [0.25, 0.3) is 5.91 Å². The number of nitrogens with one attached hydrogen (secondary N) is 1. The second-order valence-corrected chi connectivity index (χ2v) is 8.62. The lowest BCUT2D eigenvalue weighted by molar-refractivity contribution is 0.100. The van der Waals surface area contributed by atoms with E-state index in [-0.39, 0.29) is 28.2 Å². The van der Waals surface area contributed by atoms with Crippen molar-refractivity contribution >= 4 is 27.2 Å². The van der Waals surface area contributed by atoms with E-state index in [4.69, 9.17) is 5.73 Å². The van der Waals surface area contributed by atoms with Crippen molar-refractivity contribution in [3.63, 3.8) is 0 Å². The Kier molecular flexibility index (Phi) is 5.65. The number of nitrogens with two attached hydrogens (primary N) is 1. The molecule has 148 valence electrons. The minimum absolute atomic E-state index is 0.135. The lowest BCUT2D eigenvalue weighted by Gasteiger charge is -2.26. The van der Waals surface area contributed by atoms with E-state index in [0.717, 1.165) is 25.7 Å². The van der Waals surface area contributed by atoms with Gasteiger partial charge in [0.1, 0.15) is 5.56 Å². The van der Waals surface area contributed by atoms with Gasteiger partial charge < -0.3 is 11.1 Å². The Morgan fingerprint density at radius 2 is 2.00 bits per heavy atom. The monoisotopic (exact) mass is 405 g/mol. The summed E-state index contributed by atoms with van der Waals surface area (Å²) < 4.78 is 37.3. The molecule has 10 heteroatoms. The molecule has 1 aromatic carbocycles. The number of hydrogen-bond donors (Lipinski definition) is 2. The van der Waals surface area contributed by atoms with Crippen LogP contribution in [0.4, 0.5) is 15.9 Å². The molecule has 2 aromatic rings. The van der Waals surface area contributed by atoms with E-state index >= 15 is 0 Å². The number of benzene rings is 1. The highest BCUT2D eigenvalue weighted by Gasteiger charge is 2.29. The third-order valence-corrected chi connectivity index (χ3v) is 6.13. The molecule has 0 aliphatic heterocycles. The van der Waals surface area contributed by atoms with Crippen LogP contribution in [0.25, 0.3) is 0 Å². The minimum atomic E-state index is -3.95. The van der Waals surface area contributed by atoms with E-state index < -0.39 is 21.8 Å². The molecule has 1 aromatic heterocycles. The van der Waals surface area contributed by atoms with Crippen molar-refractivity contribution in [3.05, 3.63) is 36.0 Å². The number of primary amides is 1. The second kappa shape index (κ2) is 7.98. The number of hydrogen-bond acceptors (Lipinski definition) is 6. The maximum atomic E-state index is 12.6. The van der Waals surface area contributed by atoms with Gasteiger partial charge in [0, 0.05) is 11.9 Å². The van der Waals surface area contributed by atoms with E-state index in [1.165, 1.54) is 30.5 Å². The molecule has 0 radical (unpaired) electrons. The molecule has 3 N–H and O–H groups in total. The van der Waals surface area contributed by atoms with Gasteiger partial charge in [-0.3, -0.25) is 9.48 Å². The van der Waals surface area contributed by atoms with Gasteiger partial charge in [0.2, 0.25) is 9.84 Å². The highest BCUT2D eigenvalue weighted by molar-refractivity contribution is 7.91. The lowest BCUT2D eigenvalue weighted by Crippen LogP contribution is -2.22. The first-order valence-electron chi connectivity index (χ1n) is 8.80. The molecular weight excluding hydrogens is 385 g/mol. The van der Waals surface area contributed by atoms with Crippen molar-refractivity contribution in [3.8, 4) is 6.07 Å². The summed E-state index contributed by atoms with van der Waals surface area (Å²) in [7, 11) is -3.95. The zero-order valence-electron chi connectivity index (χ0n) is 15.0. The molecular formula is C18H20FN5O3S. The average Bonchev–Trinajstić information content (AvgIpc) is 3.12. The Bertz CT molecular complexity index is 1010.